The second-order valence-electron chi connectivity index (χ2n) is 7.12. The highest BCUT2D eigenvalue weighted by atomic mass is 32.2. The lowest BCUT2D eigenvalue weighted by atomic mass is 10.3. The molecule has 3 aromatic carbocycles. The standard InChI is InChI=1S/C23H22N2O7S2/c1-3-31-17-9-13-19(14-10-17)33(27,28)24-21-7-5-6-8-22(21)25(23(24)26)34(29,30)20-15-11-18(12-16-20)32-4-2/h5-16H,3-4H2,1-2H3. The Balaban J connectivity index is 1.92. The van der Waals surface area contributed by atoms with E-state index in [0.717, 1.165) is 0 Å². The SMILES string of the molecule is CCOc1ccc(S(=O)(=O)n2c(=O)n(S(=O)(=O)c3ccc(OCC)cc3)c3ccccc32)cc1. The second kappa shape index (κ2) is 8.99. The zero-order valence-electron chi connectivity index (χ0n) is 18.4. The molecule has 1 aromatic heterocycles. The van der Waals surface area contributed by atoms with Crippen molar-refractivity contribution in [1.29, 1.82) is 0 Å². The minimum atomic E-state index is -4.42. The molecular weight excluding hydrogens is 480 g/mol. The van der Waals surface area contributed by atoms with E-state index < -0.39 is 25.7 Å². The van der Waals surface area contributed by atoms with Gasteiger partial charge in [0.1, 0.15) is 11.5 Å². The van der Waals surface area contributed by atoms with Gasteiger partial charge in [-0.25, -0.2) is 21.6 Å². The molecule has 9 nitrogen and oxygen atoms in total. The van der Waals surface area contributed by atoms with Gasteiger partial charge in [-0.15, -0.1) is 0 Å². The summed E-state index contributed by atoms with van der Waals surface area (Å²) in [6.07, 6.45) is 0. The molecule has 0 aliphatic rings. The lowest BCUT2D eigenvalue weighted by Crippen LogP contribution is -2.33. The number of benzene rings is 3. The van der Waals surface area contributed by atoms with E-state index in [1.807, 2.05) is 0 Å². The van der Waals surface area contributed by atoms with Gasteiger partial charge in [0.05, 0.1) is 34.0 Å². The molecular formula is C23H22N2O7S2. The second-order valence-corrected chi connectivity index (χ2v) is 10.7. The molecule has 11 heteroatoms. The maximum absolute atomic E-state index is 13.4. The molecule has 4 aromatic rings. The normalized spacial score (nSPS) is 12.1. The monoisotopic (exact) mass is 502 g/mol. The van der Waals surface area contributed by atoms with Crippen molar-refractivity contribution in [1.82, 2.24) is 7.94 Å². The van der Waals surface area contributed by atoms with E-state index in [1.54, 1.807) is 13.8 Å². The van der Waals surface area contributed by atoms with Crippen LogP contribution in [0.5, 0.6) is 11.5 Å². The summed E-state index contributed by atoms with van der Waals surface area (Å²) in [5, 5.41) is 0. The molecule has 0 radical (unpaired) electrons. The highest BCUT2D eigenvalue weighted by Gasteiger charge is 2.31. The maximum Gasteiger partial charge on any atom is 0.357 e. The highest BCUT2D eigenvalue weighted by Crippen LogP contribution is 2.25. The minimum absolute atomic E-state index is 0.0594. The van der Waals surface area contributed by atoms with Crippen molar-refractivity contribution in [2.75, 3.05) is 13.2 Å². The van der Waals surface area contributed by atoms with Crippen LogP contribution in [0.1, 0.15) is 13.8 Å². The topological polar surface area (TPSA) is 114 Å². The number of fused-ring (bicyclic) bond motifs is 1. The highest BCUT2D eigenvalue weighted by molar-refractivity contribution is 7.91. The van der Waals surface area contributed by atoms with Gasteiger partial charge in [-0.2, -0.15) is 7.94 Å². The van der Waals surface area contributed by atoms with Gasteiger partial charge in [0.25, 0.3) is 20.0 Å². The number of imidazole rings is 1. The Hall–Kier alpha value is -3.57. The Morgan fingerprint density at radius 2 is 0.971 bits per heavy atom. The van der Waals surface area contributed by atoms with Crippen LogP contribution in [-0.2, 0) is 20.0 Å². The quantitative estimate of drug-likeness (QED) is 0.364. The third kappa shape index (κ3) is 3.97. The van der Waals surface area contributed by atoms with Crippen LogP contribution < -0.4 is 15.2 Å². The molecule has 0 bridgehead atoms. The van der Waals surface area contributed by atoms with Gasteiger partial charge in [0, 0.05) is 0 Å². The van der Waals surface area contributed by atoms with E-state index in [4.69, 9.17) is 9.47 Å². The molecule has 0 spiro atoms. The van der Waals surface area contributed by atoms with E-state index in [9.17, 15) is 21.6 Å². The van der Waals surface area contributed by atoms with Crippen molar-refractivity contribution < 1.29 is 26.3 Å². The number of aromatic nitrogens is 2. The van der Waals surface area contributed by atoms with Gasteiger partial charge in [-0.05, 0) is 74.5 Å². The van der Waals surface area contributed by atoms with Crippen LogP contribution in [0.15, 0.2) is 87.4 Å². The Kier molecular flexibility index (Phi) is 6.24. The van der Waals surface area contributed by atoms with Gasteiger partial charge >= 0.3 is 5.69 Å². The molecule has 34 heavy (non-hydrogen) atoms. The molecule has 178 valence electrons. The van der Waals surface area contributed by atoms with Gasteiger partial charge in [-0.1, -0.05) is 12.1 Å². The summed E-state index contributed by atoms with van der Waals surface area (Å²) in [5.74, 6) is 0.934. The summed E-state index contributed by atoms with van der Waals surface area (Å²) < 4.78 is 65.4. The summed E-state index contributed by atoms with van der Waals surface area (Å²) >= 11 is 0. The van der Waals surface area contributed by atoms with Crippen LogP contribution in [0.3, 0.4) is 0 Å². The zero-order chi connectivity index (χ0) is 24.5. The van der Waals surface area contributed by atoms with Gasteiger partial charge in [0.15, 0.2) is 0 Å². The number of para-hydroxylation sites is 2. The Morgan fingerprint density at radius 3 is 1.29 bits per heavy atom. The van der Waals surface area contributed by atoms with Crippen molar-refractivity contribution >= 4 is 31.1 Å². The summed E-state index contributed by atoms with van der Waals surface area (Å²) in [4.78, 5) is 13.0. The van der Waals surface area contributed by atoms with Crippen LogP contribution in [0.25, 0.3) is 11.0 Å². The molecule has 0 unspecified atom stereocenters. The van der Waals surface area contributed by atoms with E-state index in [1.165, 1.54) is 72.8 Å². The van der Waals surface area contributed by atoms with E-state index >= 15 is 0 Å². The Bertz CT molecular complexity index is 1480. The largest absolute Gasteiger partial charge is 0.494 e. The van der Waals surface area contributed by atoms with Gasteiger partial charge in [-0.3, -0.25) is 0 Å². The first-order valence-corrected chi connectivity index (χ1v) is 13.3. The molecule has 0 saturated carbocycles. The number of hydrogen-bond donors (Lipinski definition) is 0. The minimum Gasteiger partial charge on any atom is -0.494 e. The molecule has 0 fully saturated rings. The summed E-state index contributed by atoms with van der Waals surface area (Å²) in [6.45, 7) is 4.40. The smallest absolute Gasteiger partial charge is 0.357 e. The first kappa shape index (κ1) is 23.6. The first-order valence-electron chi connectivity index (χ1n) is 10.4. The van der Waals surface area contributed by atoms with E-state index in [-0.39, 0.29) is 20.8 Å². The van der Waals surface area contributed by atoms with Gasteiger partial charge < -0.3 is 9.47 Å². The number of ether oxygens (including phenoxy) is 2. The molecule has 0 atom stereocenters. The summed E-state index contributed by atoms with van der Waals surface area (Å²) in [6, 6.07) is 16.9. The molecule has 0 aliphatic heterocycles. The third-order valence-corrected chi connectivity index (χ3v) is 8.42. The van der Waals surface area contributed by atoms with Crippen molar-refractivity contribution in [3.05, 3.63) is 83.3 Å². The average Bonchev–Trinajstić information content (AvgIpc) is 3.13. The molecule has 0 N–H and O–H groups in total. The third-order valence-electron chi connectivity index (χ3n) is 5.01. The van der Waals surface area contributed by atoms with E-state index in [2.05, 4.69) is 0 Å². The fourth-order valence-electron chi connectivity index (χ4n) is 3.52. The van der Waals surface area contributed by atoms with Crippen molar-refractivity contribution in [2.45, 2.75) is 23.6 Å². The van der Waals surface area contributed by atoms with Crippen LogP contribution in [0, 0.1) is 0 Å². The van der Waals surface area contributed by atoms with Crippen molar-refractivity contribution in [3.63, 3.8) is 0 Å². The maximum atomic E-state index is 13.4. The van der Waals surface area contributed by atoms with Crippen LogP contribution in [0.2, 0.25) is 0 Å². The predicted octanol–water partition coefficient (Wildman–Crippen LogP) is 3.07. The molecule has 0 amide bonds. The van der Waals surface area contributed by atoms with Crippen LogP contribution in [0.4, 0.5) is 0 Å². The summed E-state index contributed by atoms with van der Waals surface area (Å²) in [5.41, 5.74) is -1.34. The lowest BCUT2D eigenvalue weighted by molar-refractivity contribution is 0.340. The molecule has 1 heterocycles. The number of rotatable bonds is 8. The fourth-order valence-corrected chi connectivity index (χ4v) is 6.36. The first-order chi connectivity index (χ1) is 16.2. The van der Waals surface area contributed by atoms with Crippen LogP contribution >= 0.6 is 0 Å². The lowest BCUT2D eigenvalue weighted by Gasteiger charge is -2.08. The Morgan fingerprint density at radius 1 is 0.618 bits per heavy atom. The van der Waals surface area contributed by atoms with E-state index in [0.29, 0.717) is 32.7 Å². The fraction of sp³-hybridized carbons (Fsp3) is 0.174. The van der Waals surface area contributed by atoms with Gasteiger partial charge in [0.2, 0.25) is 0 Å². The Labute approximate surface area is 196 Å². The molecule has 0 aliphatic carbocycles. The summed E-state index contributed by atoms with van der Waals surface area (Å²) in [7, 11) is -8.84. The number of hydrogen-bond acceptors (Lipinski definition) is 7. The van der Waals surface area contributed by atoms with Crippen LogP contribution in [-0.4, -0.2) is 38.0 Å². The molecule has 4 rings (SSSR count). The average molecular weight is 503 g/mol. The zero-order valence-corrected chi connectivity index (χ0v) is 20.0. The number of nitrogens with zero attached hydrogens (tertiary/aromatic N) is 2. The molecule has 0 saturated heterocycles. The van der Waals surface area contributed by atoms with Crippen molar-refractivity contribution in [2.24, 2.45) is 0 Å². The van der Waals surface area contributed by atoms with Crippen molar-refractivity contribution in [3.8, 4) is 11.5 Å². The predicted molar refractivity (Wildman–Crippen MR) is 127 cm³/mol.